The minimum Gasteiger partial charge on any atom is -0.493 e. The molecule has 20 heteroatoms. The van der Waals surface area contributed by atoms with E-state index < -0.39 is 59.6 Å². The maximum absolute atomic E-state index is 14.6. The van der Waals surface area contributed by atoms with Crippen molar-refractivity contribution in [3.05, 3.63) is 101 Å². The zero-order valence-electron chi connectivity index (χ0n) is 43.1. The third-order valence-electron chi connectivity index (χ3n) is 13.4. The van der Waals surface area contributed by atoms with Gasteiger partial charge in [-0.25, -0.2) is 4.79 Å². The lowest BCUT2D eigenvalue weighted by atomic mass is 9.91. The number of amides is 6. The van der Waals surface area contributed by atoms with Crippen LogP contribution in [0.4, 0.5) is 0 Å². The van der Waals surface area contributed by atoms with Gasteiger partial charge in [-0.05, 0) is 98.5 Å². The number of nitrogens with one attached hydrogen (secondary N) is 2. The summed E-state index contributed by atoms with van der Waals surface area (Å²) in [5, 5.41) is 4.94. The molecule has 0 spiro atoms. The Morgan fingerprint density at radius 1 is 0.733 bits per heavy atom. The number of benzene rings is 4. The largest absolute Gasteiger partial charge is 0.493 e. The van der Waals surface area contributed by atoms with Crippen LogP contribution in [-0.2, 0) is 39.9 Å². The second-order valence-electron chi connectivity index (χ2n) is 17.9. The number of fused-ring (bicyclic) bond motifs is 1. The molecule has 2 N–H and O–H groups in total. The monoisotopic (exact) mass is 1040 g/mol. The van der Waals surface area contributed by atoms with Crippen molar-refractivity contribution in [2.45, 2.75) is 82.4 Å². The van der Waals surface area contributed by atoms with Gasteiger partial charge in [0.2, 0.25) is 23.5 Å². The third kappa shape index (κ3) is 12.7. The number of methoxy groups -OCH3 is 5. The molecule has 75 heavy (non-hydrogen) atoms. The average Bonchev–Trinajstić information content (AvgIpc) is 3.69. The molecule has 0 bridgehead atoms. The first kappa shape index (κ1) is 54.9. The van der Waals surface area contributed by atoms with E-state index in [4.69, 9.17) is 42.6 Å². The van der Waals surface area contributed by atoms with Gasteiger partial charge < -0.3 is 52.8 Å². The van der Waals surface area contributed by atoms with Crippen molar-refractivity contribution in [2.75, 3.05) is 75.1 Å². The Bertz CT molecular complexity index is 2720. The number of rotatable bonds is 25. The minimum atomic E-state index is -1.11. The van der Waals surface area contributed by atoms with E-state index in [1.165, 1.54) is 33.5 Å². The summed E-state index contributed by atoms with van der Waals surface area (Å²) in [6.07, 6.45) is 2.18. The summed E-state index contributed by atoms with van der Waals surface area (Å²) in [6, 6.07) is 18.7. The Morgan fingerprint density at radius 3 is 2.17 bits per heavy atom. The molecule has 0 radical (unpaired) electrons. The van der Waals surface area contributed by atoms with Crippen LogP contribution in [0.15, 0.2) is 72.8 Å². The highest BCUT2D eigenvalue weighted by Crippen LogP contribution is 2.42. The van der Waals surface area contributed by atoms with Crippen molar-refractivity contribution in [3.63, 3.8) is 0 Å². The summed E-state index contributed by atoms with van der Waals surface area (Å²) in [6.45, 7) is 2.21. The maximum atomic E-state index is 14.6. The molecule has 4 aromatic rings. The Hall–Kier alpha value is -7.87. The van der Waals surface area contributed by atoms with Crippen LogP contribution in [-0.4, -0.2) is 138 Å². The standard InChI is InChI=1S/C55H64N4O16/c1-7-35(34-30-45(69-4)50(71-6)46(31-34)70-5)52(63)58-25-11-10-15-39(58)55(66)75-41(21-18-33-19-22-42(67-2)44(29-33)68-3)36-13-8-9-16-40(36)74-32-48(61)56-24-26-72-27-28-73-43-17-12-14-37-49(43)54(65)59(53(37)64)38-20-23-47(60)57-51(38)62/h8-9,12-14,16-17,19,22,29-31,35,38-39,41H,7,10-11,15,18,20-21,23-28,32H2,1-6H3,(H,56,61)(H,57,60,62)/t35-,38?,39-,41+/m0/s1. The van der Waals surface area contributed by atoms with Crippen molar-refractivity contribution in [3.8, 4) is 40.2 Å². The zero-order valence-corrected chi connectivity index (χ0v) is 43.1. The first-order valence-corrected chi connectivity index (χ1v) is 24.9. The SMILES string of the molecule is CC[C@H](C(=O)N1CCCC[C@H]1C(=O)O[C@H](CCc1ccc(OC)c(OC)c1)c1ccccc1OCC(=O)NCCOCCOc1cccc2c1C(=O)N(C1CCC(=O)NC1=O)C2=O)c1cc(OC)c(OC)c(OC)c1. The Morgan fingerprint density at radius 2 is 1.47 bits per heavy atom. The predicted molar refractivity (Wildman–Crippen MR) is 270 cm³/mol. The number of piperidine rings is 2. The van der Waals surface area contributed by atoms with Crippen molar-refractivity contribution >= 4 is 41.4 Å². The molecule has 3 aliphatic rings. The van der Waals surface area contributed by atoms with Gasteiger partial charge in [-0.3, -0.25) is 39.0 Å². The summed E-state index contributed by atoms with van der Waals surface area (Å²) in [5.74, 6) is -1.56. The van der Waals surface area contributed by atoms with Gasteiger partial charge in [0.25, 0.3) is 17.7 Å². The van der Waals surface area contributed by atoms with Gasteiger partial charge in [0, 0.05) is 25.1 Å². The number of aryl methyl sites for hydroxylation is 1. The molecular formula is C55H64N4O16. The molecule has 6 amide bonds. The topological polar surface area (TPSA) is 233 Å². The number of para-hydroxylation sites is 1. The highest BCUT2D eigenvalue weighted by molar-refractivity contribution is 6.24. The molecule has 7 rings (SSSR count). The van der Waals surface area contributed by atoms with Gasteiger partial charge in [-0.15, -0.1) is 0 Å². The number of imide groups is 2. The van der Waals surface area contributed by atoms with Crippen molar-refractivity contribution < 1.29 is 76.2 Å². The van der Waals surface area contributed by atoms with E-state index in [1.807, 2.05) is 19.1 Å². The summed E-state index contributed by atoms with van der Waals surface area (Å²) in [7, 11) is 7.64. The number of ether oxygens (including phenoxy) is 9. The lowest BCUT2D eigenvalue weighted by molar-refractivity contribution is -0.162. The normalized spacial score (nSPS) is 17.0. The van der Waals surface area contributed by atoms with E-state index in [0.29, 0.717) is 90.7 Å². The fourth-order valence-electron chi connectivity index (χ4n) is 9.58. The number of hydrogen-bond donors (Lipinski definition) is 2. The number of carbonyl (C=O) groups excluding carboxylic acids is 7. The molecule has 4 atom stereocenters. The summed E-state index contributed by atoms with van der Waals surface area (Å²) < 4.78 is 51.7. The van der Waals surface area contributed by atoms with Crippen LogP contribution in [0.5, 0.6) is 40.2 Å². The predicted octanol–water partition coefficient (Wildman–Crippen LogP) is 5.51. The fraction of sp³-hybridized carbons (Fsp3) is 0.436. The molecule has 3 aliphatic heterocycles. The van der Waals surface area contributed by atoms with Crippen LogP contribution in [0, 0.1) is 0 Å². The number of nitrogens with zero attached hydrogens (tertiary/aromatic N) is 2. The second kappa shape index (κ2) is 25.9. The van der Waals surface area contributed by atoms with E-state index in [-0.39, 0.29) is 68.6 Å². The van der Waals surface area contributed by atoms with Crippen LogP contribution >= 0.6 is 0 Å². The van der Waals surface area contributed by atoms with Crippen molar-refractivity contribution in [1.29, 1.82) is 0 Å². The summed E-state index contributed by atoms with van der Waals surface area (Å²) in [4.78, 5) is 95.4. The molecule has 1 unspecified atom stereocenters. The lowest BCUT2D eigenvalue weighted by Gasteiger charge is -2.37. The van der Waals surface area contributed by atoms with Crippen LogP contribution in [0.25, 0.3) is 0 Å². The number of hydrogen-bond acceptors (Lipinski definition) is 16. The van der Waals surface area contributed by atoms with Gasteiger partial charge >= 0.3 is 5.97 Å². The van der Waals surface area contributed by atoms with E-state index >= 15 is 0 Å². The molecule has 0 aromatic heterocycles. The third-order valence-corrected chi connectivity index (χ3v) is 13.4. The van der Waals surface area contributed by atoms with E-state index in [2.05, 4.69) is 10.6 Å². The molecular weight excluding hydrogens is 973 g/mol. The fourth-order valence-corrected chi connectivity index (χ4v) is 9.58. The molecule has 400 valence electrons. The first-order valence-electron chi connectivity index (χ1n) is 24.9. The summed E-state index contributed by atoms with van der Waals surface area (Å²) >= 11 is 0. The van der Waals surface area contributed by atoms with Gasteiger partial charge in [0.15, 0.2) is 29.6 Å². The molecule has 20 nitrogen and oxygen atoms in total. The van der Waals surface area contributed by atoms with Gasteiger partial charge in [0.1, 0.15) is 36.3 Å². The molecule has 2 saturated heterocycles. The highest BCUT2D eigenvalue weighted by atomic mass is 16.6. The van der Waals surface area contributed by atoms with Crippen LogP contribution < -0.4 is 43.8 Å². The zero-order chi connectivity index (χ0) is 53.6. The van der Waals surface area contributed by atoms with Crippen LogP contribution in [0.2, 0.25) is 0 Å². The van der Waals surface area contributed by atoms with E-state index in [9.17, 15) is 33.6 Å². The number of carbonyl (C=O) groups is 7. The highest BCUT2D eigenvalue weighted by Gasteiger charge is 2.46. The quantitative estimate of drug-likeness (QED) is 0.0473. The molecule has 3 heterocycles. The van der Waals surface area contributed by atoms with Gasteiger partial charge in [0.05, 0.1) is 65.8 Å². The molecule has 2 fully saturated rings. The minimum absolute atomic E-state index is 0.00283. The van der Waals surface area contributed by atoms with Crippen molar-refractivity contribution in [2.24, 2.45) is 0 Å². The van der Waals surface area contributed by atoms with Crippen LogP contribution in [0.1, 0.15) is 101 Å². The second-order valence-corrected chi connectivity index (χ2v) is 17.9. The lowest BCUT2D eigenvalue weighted by Crippen LogP contribution is -2.54. The average molecular weight is 1040 g/mol. The van der Waals surface area contributed by atoms with Gasteiger partial charge in [-0.2, -0.15) is 0 Å². The number of likely N-dealkylation sites (tertiary alicyclic amines) is 1. The smallest absolute Gasteiger partial charge is 0.329 e. The number of esters is 1. The molecule has 4 aromatic carbocycles. The molecule has 0 aliphatic carbocycles. The Kier molecular flexibility index (Phi) is 18.9. The van der Waals surface area contributed by atoms with E-state index in [1.54, 1.807) is 67.7 Å². The van der Waals surface area contributed by atoms with Gasteiger partial charge in [-0.1, -0.05) is 37.3 Å². The van der Waals surface area contributed by atoms with E-state index in [0.717, 1.165) is 10.5 Å². The first-order chi connectivity index (χ1) is 36.3. The summed E-state index contributed by atoms with van der Waals surface area (Å²) in [5.41, 5.74) is 2.20. The van der Waals surface area contributed by atoms with Crippen LogP contribution in [0.3, 0.4) is 0 Å². The Labute approximate surface area is 435 Å². The Balaban J connectivity index is 0.971. The van der Waals surface area contributed by atoms with Crippen molar-refractivity contribution in [1.82, 2.24) is 20.4 Å². The molecule has 0 saturated carbocycles. The maximum Gasteiger partial charge on any atom is 0.329 e.